The number of ether oxygens (including phenoxy) is 1. The highest BCUT2D eigenvalue weighted by Gasteiger charge is 2.39. The zero-order valence-electron chi connectivity index (χ0n) is 13.1. The van der Waals surface area contributed by atoms with Crippen LogP contribution >= 0.6 is 23.1 Å². The van der Waals surface area contributed by atoms with Gasteiger partial charge in [-0.25, -0.2) is 9.18 Å². The summed E-state index contributed by atoms with van der Waals surface area (Å²) in [5, 5.41) is 27.0. The summed E-state index contributed by atoms with van der Waals surface area (Å²) in [6.07, 6.45) is -0.849. The van der Waals surface area contributed by atoms with Crippen LogP contribution in [0.15, 0.2) is 22.0 Å². The van der Waals surface area contributed by atoms with Gasteiger partial charge in [0.25, 0.3) is 0 Å². The van der Waals surface area contributed by atoms with Crippen molar-refractivity contribution in [3.8, 4) is 11.5 Å². The lowest BCUT2D eigenvalue weighted by molar-refractivity contribution is 0.0687. The Hall–Kier alpha value is -1.85. The second kappa shape index (κ2) is 7.59. The van der Waals surface area contributed by atoms with E-state index in [-0.39, 0.29) is 28.8 Å². The van der Waals surface area contributed by atoms with Gasteiger partial charge in [-0.05, 0) is 25.0 Å². The number of nitrogens with zero attached hydrogens (tertiary/aromatic N) is 2. The molecule has 1 aromatic heterocycles. The zero-order chi connectivity index (χ0) is 18.0. The van der Waals surface area contributed by atoms with Crippen molar-refractivity contribution in [3.05, 3.63) is 28.8 Å². The van der Waals surface area contributed by atoms with E-state index in [0.717, 1.165) is 0 Å². The van der Waals surface area contributed by atoms with Crippen molar-refractivity contribution in [3.63, 3.8) is 0 Å². The molecule has 3 rings (SSSR count). The first-order valence-electron chi connectivity index (χ1n) is 7.39. The first-order valence-corrected chi connectivity index (χ1v) is 9.15. The molecule has 1 aromatic carbocycles. The van der Waals surface area contributed by atoms with Crippen molar-refractivity contribution in [1.82, 2.24) is 10.2 Å². The summed E-state index contributed by atoms with van der Waals surface area (Å²) in [6.45, 7) is 1.05. The highest BCUT2D eigenvalue weighted by Crippen LogP contribution is 2.40. The summed E-state index contributed by atoms with van der Waals surface area (Å²) < 4.78 is 24.4. The summed E-state index contributed by atoms with van der Waals surface area (Å²) in [5.74, 6) is -1.20. The molecule has 0 aliphatic carbocycles. The normalized spacial score (nSPS) is 17.6. The van der Waals surface area contributed by atoms with E-state index >= 15 is 0 Å². The maximum atomic E-state index is 13.0. The number of rotatable bonds is 6. The highest BCUT2D eigenvalue weighted by molar-refractivity contribution is 8.02. The summed E-state index contributed by atoms with van der Waals surface area (Å²) in [5.41, 5.74) is 2.01. The van der Waals surface area contributed by atoms with Crippen LogP contribution in [0.4, 0.5) is 4.39 Å². The molecule has 1 unspecified atom stereocenters. The van der Waals surface area contributed by atoms with Crippen molar-refractivity contribution in [2.75, 3.05) is 6.61 Å². The first kappa shape index (κ1) is 18.0. The van der Waals surface area contributed by atoms with E-state index in [0.29, 0.717) is 16.3 Å². The van der Waals surface area contributed by atoms with Crippen LogP contribution in [-0.4, -0.2) is 51.3 Å². The molecule has 2 aromatic rings. The number of benzene rings is 1. The Balaban J connectivity index is 1.88. The van der Waals surface area contributed by atoms with Gasteiger partial charge in [0, 0.05) is 0 Å². The Morgan fingerprint density at radius 1 is 1.64 bits per heavy atom. The van der Waals surface area contributed by atoms with E-state index in [1.54, 1.807) is 11.6 Å². The largest absolute Gasteiger partial charge is 0.537 e. The van der Waals surface area contributed by atoms with E-state index < -0.39 is 19.3 Å². The molecular weight excluding hydrogens is 370 g/mol. The third-order valence-corrected chi connectivity index (χ3v) is 5.50. The minimum absolute atomic E-state index is 0.0122. The average Bonchev–Trinajstić information content (AvgIpc) is 3.06. The lowest BCUT2D eigenvalue weighted by Gasteiger charge is -2.28. The van der Waals surface area contributed by atoms with Gasteiger partial charge in [0.05, 0.1) is 5.15 Å². The van der Waals surface area contributed by atoms with Crippen LogP contribution in [0.3, 0.4) is 0 Å². The number of aromatic nitrogens is 2. The van der Waals surface area contributed by atoms with Crippen LogP contribution in [-0.2, 0) is 6.42 Å². The van der Waals surface area contributed by atoms with Gasteiger partial charge in [-0.2, -0.15) is 0 Å². The fourth-order valence-corrected chi connectivity index (χ4v) is 4.18. The monoisotopic (exact) mass is 384 g/mol. The zero-order valence-corrected chi connectivity index (χ0v) is 14.7. The fourth-order valence-electron chi connectivity index (χ4n) is 2.39. The van der Waals surface area contributed by atoms with E-state index in [9.17, 15) is 19.3 Å². The number of fused-ring (bicyclic) bond motifs is 1. The van der Waals surface area contributed by atoms with E-state index in [4.69, 9.17) is 9.39 Å². The Morgan fingerprint density at radius 3 is 3.08 bits per heavy atom. The second-order valence-electron chi connectivity index (χ2n) is 5.40. The standard InChI is InChI=1S/C14H14BFN2O5S2/c1-7(16)5-22-9-3-2-8-4-10(25-14-18-17-6-24-14)15(21)23-12(8)11(9)13(19)20/h2-3,6-7,10,21H,4-5H2,1H3,(H,19,20)/t7?,10-/m0/s1. The predicted octanol–water partition coefficient (Wildman–Crippen LogP) is 2.09. The molecule has 0 radical (unpaired) electrons. The maximum absolute atomic E-state index is 13.0. The summed E-state index contributed by atoms with van der Waals surface area (Å²) in [6, 6.07) is 3.15. The quantitative estimate of drug-likeness (QED) is 0.731. The molecule has 0 fully saturated rings. The van der Waals surface area contributed by atoms with Gasteiger partial charge in [0.1, 0.15) is 35.4 Å². The molecule has 7 nitrogen and oxygen atoms in total. The maximum Gasteiger partial charge on any atom is 0.537 e. The molecule has 2 heterocycles. The second-order valence-corrected chi connectivity index (χ2v) is 7.72. The van der Waals surface area contributed by atoms with Gasteiger partial charge in [-0.1, -0.05) is 29.2 Å². The van der Waals surface area contributed by atoms with Crippen LogP contribution in [0.2, 0.25) is 0 Å². The van der Waals surface area contributed by atoms with Gasteiger partial charge >= 0.3 is 13.1 Å². The van der Waals surface area contributed by atoms with Crippen molar-refractivity contribution in [2.24, 2.45) is 0 Å². The topological polar surface area (TPSA) is 102 Å². The number of hydrogen-bond donors (Lipinski definition) is 2. The molecule has 0 spiro atoms. The minimum atomic E-state index is -1.26. The number of carboxylic acids is 1. The van der Waals surface area contributed by atoms with Crippen LogP contribution in [0.5, 0.6) is 11.5 Å². The van der Waals surface area contributed by atoms with Crippen LogP contribution in [0.25, 0.3) is 0 Å². The van der Waals surface area contributed by atoms with E-state index in [1.165, 1.54) is 36.1 Å². The lowest BCUT2D eigenvalue weighted by atomic mass is 9.77. The van der Waals surface area contributed by atoms with E-state index in [2.05, 4.69) is 10.2 Å². The van der Waals surface area contributed by atoms with Crippen molar-refractivity contribution in [1.29, 1.82) is 0 Å². The molecular formula is C14H14BFN2O5S2. The Morgan fingerprint density at radius 2 is 2.44 bits per heavy atom. The Kier molecular flexibility index (Phi) is 5.45. The van der Waals surface area contributed by atoms with Gasteiger partial charge in [0.2, 0.25) is 0 Å². The number of halogens is 1. The molecule has 25 heavy (non-hydrogen) atoms. The van der Waals surface area contributed by atoms with Gasteiger partial charge < -0.3 is 19.5 Å². The van der Waals surface area contributed by atoms with Gasteiger partial charge in [0.15, 0.2) is 4.34 Å². The molecule has 2 N–H and O–H groups in total. The number of aromatic carboxylic acids is 1. The third-order valence-electron chi connectivity index (χ3n) is 3.45. The molecule has 132 valence electrons. The molecule has 11 heteroatoms. The number of carboxylic acid groups (broad SMARTS) is 1. The number of hydrogen-bond acceptors (Lipinski definition) is 8. The predicted molar refractivity (Wildman–Crippen MR) is 91.3 cm³/mol. The smallest absolute Gasteiger partial charge is 0.534 e. The Bertz CT molecular complexity index is 762. The number of alkyl halides is 1. The summed E-state index contributed by atoms with van der Waals surface area (Å²) >= 11 is 2.66. The first-order chi connectivity index (χ1) is 12.0. The molecule has 0 saturated carbocycles. The summed E-state index contributed by atoms with van der Waals surface area (Å²) in [7, 11) is -1.21. The van der Waals surface area contributed by atoms with Crippen molar-refractivity contribution >= 4 is 36.2 Å². The van der Waals surface area contributed by atoms with Crippen LogP contribution in [0.1, 0.15) is 22.8 Å². The van der Waals surface area contributed by atoms with E-state index in [1.807, 2.05) is 0 Å². The third kappa shape index (κ3) is 4.05. The Labute approximate surface area is 151 Å². The van der Waals surface area contributed by atoms with Gasteiger partial charge in [-0.3, -0.25) is 0 Å². The van der Waals surface area contributed by atoms with Crippen LogP contribution < -0.4 is 9.39 Å². The number of carbonyl (C=O) groups is 1. The highest BCUT2D eigenvalue weighted by atomic mass is 32.2. The molecule has 1 aliphatic rings. The molecule has 1 aliphatic heterocycles. The molecule has 0 bridgehead atoms. The van der Waals surface area contributed by atoms with Crippen molar-refractivity contribution in [2.45, 2.75) is 29.0 Å². The SMILES string of the molecule is CC(F)COc1ccc2c(c1C(=O)O)OB(O)[C@@H](Sc1nncs1)C2. The summed E-state index contributed by atoms with van der Waals surface area (Å²) in [4.78, 5) is 11.6. The minimum Gasteiger partial charge on any atom is -0.534 e. The lowest BCUT2D eigenvalue weighted by Crippen LogP contribution is -2.40. The average molecular weight is 384 g/mol. The molecule has 0 amide bonds. The van der Waals surface area contributed by atoms with Crippen molar-refractivity contribution < 1.29 is 28.7 Å². The fraction of sp³-hybridized carbons (Fsp3) is 0.357. The van der Waals surface area contributed by atoms with Gasteiger partial charge in [-0.15, -0.1) is 10.2 Å². The number of thioether (sulfide) groups is 1. The molecule has 0 saturated heterocycles. The van der Waals surface area contributed by atoms with Crippen LogP contribution in [0, 0.1) is 0 Å². The molecule has 2 atom stereocenters.